The van der Waals surface area contributed by atoms with Gasteiger partial charge in [0.15, 0.2) is 9.84 Å². The summed E-state index contributed by atoms with van der Waals surface area (Å²) in [7, 11) is -3.07. The van der Waals surface area contributed by atoms with E-state index in [-0.39, 0.29) is 23.3 Å². The van der Waals surface area contributed by atoms with Crippen molar-refractivity contribution < 1.29 is 13.2 Å². The van der Waals surface area contributed by atoms with Gasteiger partial charge in [0.25, 0.3) is 0 Å². The molecule has 0 spiro atoms. The predicted molar refractivity (Wildman–Crippen MR) is 89.7 cm³/mol. The van der Waals surface area contributed by atoms with Crippen LogP contribution in [-0.4, -0.2) is 42.8 Å². The molecule has 4 bridgehead atoms. The van der Waals surface area contributed by atoms with Gasteiger partial charge in [0.2, 0.25) is 5.91 Å². The lowest BCUT2D eigenvalue weighted by atomic mass is 9.68. The summed E-state index contributed by atoms with van der Waals surface area (Å²) in [5, 5.41) is -0.175. The van der Waals surface area contributed by atoms with Crippen LogP contribution in [0.4, 0.5) is 0 Å². The molecule has 23 heavy (non-hydrogen) atoms. The summed E-state index contributed by atoms with van der Waals surface area (Å²) in [4.78, 5) is 14.8. The summed E-state index contributed by atoms with van der Waals surface area (Å²) in [5.41, 5.74) is 0. The predicted octanol–water partition coefficient (Wildman–Crippen LogP) is 2.77. The van der Waals surface area contributed by atoms with Crippen molar-refractivity contribution in [3.8, 4) is 0 Å². The monoisotopic (exact) mass is 339 g/mol. The Kier molecular flexibility index (Phi) is 4.19. The minimum absolute atomic E-state index is 0.0667. The largest absolute Gasteiger partial charge is 0.339 e. The van der Waals surface area contributed by atoms with Gasteiger partial charge in [0.05, 0.1) is 11.0 Å². The van der Waals surface area contributed by atoms with E-state index in [4.69, 9.17) is 0 Å². The van der Waals surface area contributed by atoms with Crippen LogP contribution in [0, 0.1) is 17.8 Å². The molecule has 5 fully saturated rings. The van der Waals surface area contributed by atoms with E-state index in [0.717, 1.165) is 56.9 Å². The van der Waals surface area contributed by atoms with Crippen LogP contribution < -0.4 is 0 Å². The fourth-order valence-corrected chi connectivity index (χ4v) is 7.72. The van der Waals surface area contributed by atoms with Crippen molar-refractivity contribution in [3.05, 3.63) is 0 Å². The van der Waals surface area contributed by atoms with Gasteiger partial charge < -0.3 is 4.90 Å². The first kappa shape index (κ1) is 15.9. The Morgan fingerprint density at radius 1 is 0.913 bits per heavy atom. The lowest BCUT2D eigenvalue weighted by Gasteiger charge is -2.39. The molecule has 5 rings (SSSR count). The maximum absolute atomic E-state index is 12.7. The minimum Gasteiger partial charge on any atom is -0.339 e. The Morgan fingerprint density at radius 2 is 1.52 bits per heavy atom. The van der Waals surface area contributed by atoms with Gasteiger partial charge >= 0.3 is 0 Å². The summed E-state index contributed by atoms with van der Waals surface area (Å²) in [6.45, 7) is 0.889. The lowest BCUT2D eigenvalue weighted by Crippen LogP contribution is -2.42. The van der Waals surface area contributed by atoms with E-state index in [1.54, 1.807) is 0 Å². The number of carbonyl (C=O) groups excluding carboxylic acids is 1. The first-order chi connectivity index (χ1) is 11.0. The lowest BCUT2D eigenvalue weighted by molar-refractivity contribution is -0.133. The maximum Gasteiger partial charge on any atom is 0.223 e. The molecule has 1 amide bonds. The molecule has 0 aromatic heterocycles. The van der Waals surface area contributed by atoms with E-state index < -0.39 is 9.84 Å². The summed E-state index contributed by atoms with van der Waals surface area (Å²) in [6.07, 6.45) is 10.1. The van der Waals surface area contributed by atoms with Crippen molar-refractivity contribution >= 4 is 15.7 Å². The van der Waals surface area contributed by atoms with E-state index in [0.29, 0.717) is 12.0 Å². The van der Waals surface area contributed by atoms with Crippen LogP contribution in [0.15, 0.2) is 0 Å². The molecule has 0 aromatic rings. The van der Waals surface area contributed by atoms with Crippen molar-refractivity contribution in [2.24, 2.45) is 17.8 Å². The van der Waals surface area contributed by atoms with E-state index >= 15 is 0 Å². The van der Waals surface area contributed by atoms with Gasteiger partial charge in [0.1, 0.15) is 0 Å². The van der Waals surface area contributed by atoms with Gasteiger partial charge in [0, 0.05) is 19.0 Å². The van der Waals surface area contributed by atoms with Crippen LogP contribution in [0.5, 0.6) is 0 Å². The molecule has 0 radical (unpaired) electrons. The highest BCUT2D eigenvalue weighted by Gasteiger charge is 2.44. The molecule has 3 aliphatic carbocycles. The fourth-order valence-electron chi connectivity index (χ4n) is 5.88. The average molecular weight is 340 g/mol. The summed E-state index contributed by atoms with van der Waals surface area (Å²) < 4.78 is 24.8. The molecule has 130 valence electrons. The Balaban J connectivity index is 1.39. The third kappa shape index (κ3) is 3.18. The van der Waals surface area contributed by atoms with Crippen LogP contribution in [0.25, 0.3) is 0 Å². The molecule has 5 heteroatoms. The molecular weight excluding hydrogens is 310 g/mol. The first-order valence-corrected chi connectivity index (χ1v) is 11.2. The molecule has 5 aliphatic rings. The number of rotatable bonds is 4. The molecule has 3 saturated carbocycles. The molecular formula is C18H29NO3S. The molecule has 2 unspecified atom stereocenters. The second-order valence-electron chi connectivity index (χ2n) is 8.50. The Hall–Kier alpha value is -0.580. The molecule has 2 saturated heterocycles. The standard InChI is InChI=1S/C18H29NO3S/c20-18(5-6-23(21,22)17-3-1-2-4-17)19-12-15-8-13-7-14(9-15)11-16(19)10-13/h13-17H,1-12H2/t13-,14+,15?,16?. The fraction of sp³-hybridized carbons (Fsp3) is 0.944. The molecule has 0 aromatic carbocycles. The highest BCUT2D eigenvalue weighted by Crippen LogP contribution is 2.47. The number of fused-ring (bicyclic) bond motifs is 1. The van der Waals surface area contributed by atoms with Crippen molar-refractivity contribution in [2.45, 2.75) is 75.5 Å². The number of amides is 1. The summed E-state index contributed by atoms with van der Waals surface area (Å²) in [5.74, 6) is 2.47. The highest BCUT2D eigenvalue weighted by molar-refractivity contribution is 7.92. The van der Waals surface area contributed by atoms with Gasteiger partial charge in [-0.15, -0.1) is 0 Å². The van der Waals surface area contributed by atoms with Gasteiger partial charge in [-0.05, 0) is 62.7 Å². The molecule has 0 N–H and O–H groups in total. The second-order valence-corrected chi connectivity index (χ2v) is 10.9. The first-order valence-electron chi connectivity index (χ1n) is 9.52. The SMILES string of the molecule is O=C(CCS(=O)(=O)C1CCCC1)N1CC2C[C@@H]3CC1C[C@H](C2)C3. The van der Waals surface area contributed by atoms with Crippen molar-refractivity contribution in [2.75, 3.05) is 12.3 Å². The molecule has 4 atom stereocenters. The Labute approximate surface area is 139 Å². The number of hydrogen-bond acceptors (Lipinski definition) is 3. The summed E-state index contributed by atoms with van der Waals surface area (Å²) in [6, 6.07) is 0.396. The zero-order valence-corrected chi connectivity index (χ0v) is 14.8. The molecule has 4 nitrogen and oxygen atoms in total. The van der Waals surface area contributed by atoms with E-state index in [2.05, 4.69) is 4.90 Å². The van der Waals surface area contributed by atoms with Crippen LogP contribution in [-0.2, 0) is 14.6 Å². The average Bonchev–Trinajstić information content (AvgIpc) is 2.98. The van der Waals surface area contributed by atoms with Gasteiger partial charge in [-0.2, -0.15) is 0 Å². The molecule has 2 heterocycles. The van der Waals surface area contributed by atoms with Gasteiger partial charge in [-0.1, -0.05) is 12.8 Å². The third-order valence-corrected chi connectivity index (χ3v) is 9.10. The van der Waals surface area contributed by atoms with E-state index in [1.807, 2.05) is 0 Å². The smallest absolute Gasteiger partial charge is 0.223 e. The maximum atomic E-state index is 12.7. The number of carbonyl (C=O) groups is 1. The number of hydrogen-bond donors (Lipinski definition) is 0. The van der Waals surface area contributed by atoms with Crippen LogP contribution in [0.2, 0.25) is 0 Å². The van der Waals surface area contributed by atoms with Crippen molar-refractivity contribution in [1.82, 2.24) is 4.90 Å². The van der Waals surface area contributed by atoms with Crippen molar-refractivity contribution in [1.29, 1.82) is 0 Å². The van der Waals surface area contributed by atoms with Crippen LogP contribution >= 0.6 is 0 Å². The van der Waals surface area contributed by atoms with Crippen LogP contribution in [0.3, 0.4) is 0 Å². The zero-order chi connectivity index (χ0) is 16.0. The van der Waals surface area contributed by atoms with Crippen LogP contribution in [0.1, 0.15) is 64.2 Å². The second kappa shape index (κ2) is 6.05. The topological polar surface area (TPSA) is 54.5 Å². The zero-order valence-electron chi connectivity index (χ0n) is 14.0. The van der Waals surface area contributed by atoms with Crippen molar-refractivity contribution in [3.63, 3.8) is 0 Å². The normalized spacial score (nSPS) is 37.3. The van der Waals surface area contributed by atoms with Gasteiger partial charge in [-0.3, -0.25) is 4.79 Å². The quantitative estimate of drug-likeness (QED) is 0.791. The molecule has 2 aliphatic heterocycles. The highest BCUT2D eigenvalue weighted by atomic mass is 32.2. The summed E-state index contributed by atoms with van der Waals surface area (Å²) >= 11 is 0. The van der Waals surface area contributed by atoms with Gasteiger partial charge in [-0.25, -0.2) is 8.42 Å². The Morgan fingerprint density at radius 3 is 2.17 bits per heavy atom. The third-order valence-electron chi connectivity index (χ3n) is 6.84. The minimum atomic E-state index is -3.07. The van der Waals surface area contributed by atoms with E-state index in [9.17, 15) is 13.2 Å². The number of nitrogens with zero attached hydrogens (tertiary/aromatic N) is 1. The Bertz CT molecular complexity index is 553. The number of sulfone groups is 1. The van der Waals surface area contributed by atoms with E-state index in [1.165, 1.54) is 19.3 Å².